The number of aliphatic hydroxyl groups is 1. The summed E-state index contributed by atoms with van der Waals surface area (Å²) in [5.41, 5.74) is -0.146. The highest BCUT2D eigenvalue weighted by molar-refractivity contribution is 7.90. The van der Waals surface area contributed by atoms with Gasteiger partial charge in [0.2, 0.25) is 0 Å². The molecule has 0 spiro atoms. The van der Waals surface area contributed by atoms with Crippen LogP contribution in [-0.4, -0.2) is 47.3 Å². The van der Waals surface area contributed by atoms with Crippen molar-refractivity contribution in [2.24, 2.45) is 13.0 Å². The van der Waals surface area contributed by atoms with Crippen LogP contribution in [0.25, 0.3) is 0 Å². The molecule has 1 aromatic carbocycles. The number of nitro benzene ring substituents is 1. The second-order valence-corrected chi connectivity index (χ2v) is 8.83. The number of sulfone groups is 1. The van der Waals surface area contributed by atoms with Crippen LogP contribution in [-0.2, 0) is 16.9 Å². The summed E-state index contributed by atoms with van der Waals surface area (Å²) in [4.78, 5) is 16.7. The van der Waals surface area contributed by atoms with Crippen molar-refractivity contribution in [3.8, 4) is 0 Å². The summed E-state index contributed by atoms with van der Waals surface area (Å²) in [6, 6.07) is 4.32. The van der Waals surface area contributed by atoms with E-state index >= 15 is 0 Å². The van der Waals surface area contributed by atoms with Gasteiger partial charge in [-0.15, -0.1) is 0 Å². The van der Waals surface area contributed by atoms with E-state index in [-0.39, 0.29) is 16.5 Å². The van der Waals surface area contributed by atoms with Crippen LogP contribution in [0.5, 0.6) is 0 Å². The Morgan fingerprint density at radius 2 is 2.15 bits per heavy atom. The van der Waals surface area contributed by atoms with E-state index in [2.05, 4.69) is 4.98 Å². The number of aliphatic hydroxyl groups excluding tert-OH is 1. The molecule has 1 N–H and O–H groups in total. The molecule has 1 aliphatic rings. The highest BCUT2D eigenvalue weighted by atomic mass is 32.2. The number of aromatic nitrogens is 2. The van der Waals surface area contributed by atoms with Crippen LogP contribution in [0.4, 0.5) is 11.4 Å². The summed E-state index contributed by atoms with van der Waals surface area (Å²) < 4.78 is 25.7. The summed E-state index contributed by atoms with van der Waals surface area (Å²) in [6.07, 6.45) is 5.00. The molecule has 2 unspecified atom stereocenters. The van der Waals surface area contributed by atoms with Crippen LogP contribution in [0.3, 0.4) is 0 Å². The Kier molecular flexibility index (Phi) is 5.20. The van der Waals surface area contributed by atoms with E-state index in [4.69, 9.17) is 0 Å². The highest BCUT2D eigenvalue weighted by Gasteiger charge is 2.34. The maximum Gasteiger partial charge on any atom is 0.311 e. The normalized spacial score (nSPS) is 19.1. The molecule has 2 heterocycles. The van der Waals surface area contributed by atoms with Crippen molar-refractivity contribution in [3.63, 3.8) is 0 Å². The fourth-order valence-corrected chi connectivity index (χ4v) is 4.46. The number of benzene rings is 1. The monoisotopic (exact) mass is 394 g/mol. The van der Waals surface area contributed by atoms with Crippen LogP contribution >= 0.6 is 0 Å². The number of para-hydroxylation sites is 1. The molecule has 1 aromatic heterocycles. The first-order chi connectivity index (χ1) is 12.7. The number of hydrogen-bond donors (Lipinski definition) is 1. The van der Waals surface area contributed by atoms with Gasteiger partial charge in [0.25, 0.3) is 0 Å². The van der Waals surface area contributed by atoms with Crippen molar-refractivity contribution in [1.29, 1.82) is 0 Å². The molecule has 10 heteroatoms. The fraction of sp³-hybridized carbons (Fsp3) is 0.471. The summed E-state index contributed by atoms with van der Waals surface area (Å²) >= 11 is 0. The lowest BCUT2D eigenvalue weighted by molar-refractivity contribution is -0.387. The first-order valence-electron chi connectivity index (χ1n) is 8.58. The number of nitrogens with zero attached hydrogens (tertiary/aromatic N) is 4. The minimum Gasteiger partial charge on any atom is -0.385 e. The molecule has 27 heavy (non-hydrogen) atoms. The van der Waals surface area contributed by atoms with E-state index in [1.165, 1.54) is 12.1 Å². The van der Waals surface area contributed by atoms with Crippen LogP contribution in [0.2, 0.25) is 0 Å². The average molecular weight is 394 g/mol. The van der Waals surface area contributed by atoms with Crippen LogP contribution < -0.4 is 4.90 Å². The van der Waals surface area contributed by atoms with Gasteiger partial charge < -0.3 is 14.6 Å². The molecule has 1 fully saturated rings. The zero-order valence-corrected chi connectivity index (χ0v) is 16.0. The second-order valence-electron chi connectivity index (χ2n) is 6.84. The first-order valence-corrected chi connectivity index (χ1v) is 10.5. The van der Waals surface area contributed by atoms with E-state index in [0.717, 1.165) is 19.1 Å². The molecule has 3 rings (SSSR count). The standard InChI is InChI=1S/C17H22N4O5S/c1-19-10-8-18-17(19)16(22)12-5-4-9-20(11-12)13-6-3-7-14(27(2,25)26)15(13)21(23)24/h3,6-8,10,12,16,22H,4-5,9,11H2,1-2H3. The second kappa shape index (κ2) is 7.28. The molecule has 1 aliphatic heterocycles. The molecule has 0 radical (unpaired) electrons. The predicted molar refractivity (Wildman–Crippen MR) is 99.3 cm³/mol. The van der Waals surface area contributed by atoms with Crippen molar-refractivity contribution in [2.75, 3.05) is 24.2 Å². The number of rotatable bonds is 5. The number of hydrogen-bond acceptors (Lipinski definition) is 7. The Morgan fingerprint density at radius 1 is 1.41 bits per heavy atom. The Bertz CT molecular complexity index is 956. The smallest absolute Gasteiger partial charge is 0.311 e. The quantitative estimate of drug-likeness (QED) is 0.605. The van der Waals surface area contributed by atoms with E-state index < -0.39 is 26.6 Å². The van der Waals surface area contributed by atoms with Crippen LogP contribution in [0.1, 0.15) is 24.8 Å². The van der Waals surface area contributed by atoms with Gasteiger partial charge in [0, 0.05) is 44.7 Å². The Balaban J connectivity index is 1.95. The third kappa shape index (κ3) is 3.81. The average Bonchev–Trinajstić information content (AvgIpc) is 3.05. The van der Waals surface area contributed by atoms with Gasteiger partial charge in [-0.1, -0.05) is 6.07 Å². The Hall–Kier alpha value is -2.46. The van der Waals surface area contributed by atoms with E-state index in [1.54, 1.807) is 35.0 Å². The van der Waals surface area contributed by atoms with Gasteiger partial charge in [-0.25, -0.2) is 13.4 Å². The van der Waals surface area contributed by atoms with Crippen LogP contribution in [0, 0.1) is 16.0 Å². The molecule has 1 saturated heterocycles. The predicted octanol–water partition coefficient (Wildman–Crippen LogP) is 1.68. The topological polar surface area (TPSA) is 119 Å². The van der Waals surface area contributed by atoms with Crippen LogP contribution in [0.15, 0.2) is 35.5 Å². The SMILES string of the molecule is Cn1ccnc1C(O)C1CCCN(c2cccc(S(C)(=O)=O)c2[N+](=O)[O-])C1. The minimum absolute atomic E-state index is 0.165. The largest absolute Gasteiger partial charge is 0.385 e. The third-order valence-electron chi connectivity index (χ3n) is 4.93. The summed E-state index contributed by atoms with van der Waals surface area (Å²) in [7, 11) is -1.94. The van der Waals surface area contributed by atoms with E-state index in [9.17, 15) is 23.6 Å². The summed E-state index contributed by atoms with van der Waals surface area (Å²) in [5.74, 6) is 0.377. The number of anilines is 1. The third-order valence-corrected chi connectivity index (χ3v) is 6.06. The number of aryl methyl sites for hydroxylation is 1. The molecule has 0 bridgehead atoms. The molecule has 9 nitrogen and oxygen atoms in total. The van der Waals surface area contributed by atoms with Gasteiger partial charge in [-0.3, -0.25) is 10.1 Å². The number of piperidine rings is 1. The lowest BCUT2D eigenvalue weighted by Gasteiger charge is -2.36. The lowest BCUT2D eigenvalue weighted by Crippen LogP contribution is -2.38. The molecule has 0 aliphatic carbocycles. The molecular weight excluding hydrogens is 372 g/mol. The van der Waals surface area contributed by atoms with E-state index in [0.29, 0.717) is 18.9 Å². The van der Waals surface area contributed by atoms with Gasteiger partial charge in [0.15, 0.2) is 9.84 Å². The van der Waals surface area contributed by atoms with Gasteiger partial charge in [-0.2, -0.15) is 0 Å². The zero-order chi connectivity index (χ0) is 19.8. The van der Waals surface area contributed by atoms with Gasteiger partial charge in [-0.05, 0) is 25.0 Å². The molecule has 2 atom stereocenters. The number of nitro groups is 1. The Labute approximate surface area is 157 Å². The maximum atomic E-state index is 12.0. The zero-order valence-electron chi connectivity index (χ0n) is 15.1. The number of imidazole rings is 1. The highest BCUT2D eigenvalue weighted by Crippen LogP contribution is 2.38. The summed E-state index contributed by atoms with van der Waals surface area (Å²) in [5, 5.41) is 22.3. The molecule has 2 aromatic rings. The lowest BCUT2D eigenvalue weighted by atomic mass is 9.91. The molecule has 0 amide bonds. The van der Waals surface area contributed by atoms with Crippen molar-refractivity contribution < 1.29 is 18.4 Å². The van der Waals surface area contributed by atoms with Crippen molar-refractivity contribution in [2.45, 2.75) is 23.8 Å². The Morgan fingerprint density at radius 3 is 2.74 bits per heavy atom. The fourth-order valence-electron chi connectivity index (χ4n) is 3.61. The minimum atomic E-state index is -3.74. The van der Waals surface area contributed by atoms with E-state index in [1.807, 2.05) is 0 Å². The molecular formula is C17H22N4O5S. The van der Waals surface area contributed by atoms with Crippen molar-refractivity contribution in [1.82, 2.24) is 9.55 Å². The maximum absolute atomic E-state index is 12.0. The van der Waals surface area contributed by atoms with Gasteiger partial charge >= 0.3 is 5.69 Å². The van der Waals surface area contributed by atoms with Crippen molar-refractivity contribution in [3.05, 3.63) is 46.5 Å². The van der Waals surface area contributed by atoms with Gasteiger partial charge in [0.1, 0.15) is 22.5 Å². The van der Waals surface area contributed by atoms with Gasteiger partial charge in [0.05, 0.1) is 4.92 Å². The summed E-state index contributed by atoms with van der Waals surface area (Å²) in [6.45, 7) is 0.930. The van der Waals surface area contributed by atoms with Crippen molar-refractivity contribution >= 4 is 21.2 Å². The molecule has 0 saturated carbocycles. The first kappa shape index (κ1) is 19.3. The molecule has 146 valence electrons.